The van der Waals surface area contributed by atoms with E-state index in [0.29, 0.717) is 0 Å². The molecule has 0 fully saturated rings. The quantitative estimate of drug-likeness (QED) is 0.582. The molecule has 0 aliphatic carbocycles. The monoisotopic (exact) mass is 190 g/mol. The van der Waals surface area contributed by atoms with Crippen LogP contribution in [0.25, 0.3) is 0 Å². The zero-order chi connectivity index (χ0) is 10.6. The molecule has 0 radical (unpaired) electrons. The average Bonchev–Trinajstić information content (AvgIpc) is 2.13. The van der Waals surface area contributed by atoms with Crippen molar-refractivity contribution in [2.24, 2.45) is 0 Å². The lowest BCUT2D eigenvalue weighted by Crippen LogP contribution is -2.18. The van der Waals surface area contributed by atoms with Crippen LogP contribution in [0.3, 0.4) is 0 Å². The molecule has 0 bridgehead atoms. The van der Waals surface area contributed by atoms with E-state index < -0.39 is 0 Å². The molecule has 0 heterocycles. The van der Waals surface area contributed by atoms with Gasteiger partial charge in [-0.3, -0.25) is 4.90 Å². The van der Waals surface area contributed by atoms with E-state index in [1.54, 1.807) is 0 Å². The Morgan fingerprint density at radius 3 is 2.86 bits per heavy atom. The van der Waals surface area contributed by atoms with E-state index in [1.165, 1.54) is 11.1 Å². The molecule has 0 aliphatic rings. The van der Waals surface area contributed by atoms with Crippen molar-refractivity contribution in [3.63, 3.8) is 0 Å². The van der Waals surface area contributed by atoms with Crippen molar-refractivity contribution in [3.8, 4) is 0 Å². The van der Waals surface area contributed by atoms with Crippen LogP contribution in [-0.2, 0) is 6.54 Å². The minimum atomic E-state index is 0.870. The van der Waals surface area contributed by atoms with Crippen LogP contribution in [0.15, 0.2) is 30.9 Å². The molecule has 0 spiro atoms. The summed E-state index contributed by atoms with van der Waals surface area (Å²) in [5, 5.41) is 0. The molecule has 1 rings (SSSR count). The third kappa shape index (κ3) is 2.60. The summed E-state index contributed by atoms with van der Waals surface area (Å²) in [5.41, 5.74) is 9.17. The predicted molar refractivity (Wildman–Crippen MR) is 62.1 cm³/mol. The largest absolute Gasteiger partial charge is 0.399 e. The normalized spacial score (nSPS) is 10.5. The van der Waals surface area contributed by atoms with Gasteiger partial charge >= 0.3 is 0 Å². The maximum Gasteiger partial charge on any atom is 0.0346 e. The summed E-state index contributed by atoms with van der Waals surface area (Å²) in [4.78, 5) is 2.20. The van der Waals surface area contributed by atoms with Crippen LogP contribution in [0.1, 0.15) is 11.1 Å². The molecule has 0 aromatic heterocycles. The summed E-state index contributed by atoms with van der Waals surface area (Å²) in [6, 6.07) is 6.05. The van der Waals surface area contributed by atoms with Crippen LogP contribution in [0, 0.1) is 6.92 Å². The van der Waals surface area contributed by atoms with Crippen LogP contribution >= 0.6 is 0 Å². The van der Waals surface area contributed by atoms with E-state index in [4.69, 9.17) is 5.73 Å². The summed E-state index contributed by atoms with van der Waals surface area (Å²) in [7, 11) is 2.07. The molecule has 2 nitrogen and oxygen atoms in total. The minimum absolute atomic E-state index is 0.870. The van der Waals surface area contributed by atoms with E-state index in [1.807, 2.05) is 18.2 Å². The summed E-state index contributed by atoms with van der Waals surface area (Å²) >= 11 is 0. The molecule has 1 aromatic carbocycles. The van der Waals surface area contributed by atoms with Gasteiger partial charge in [-0.05, 0) is 31.2 Å². The van der Waals surface area contributed by atoms with Gasteiger partial charge in [-0.25, -0.2) is 0 Å². The molecule has 0 unspecified atom stereocenters. The standard InChI is InChI=1S/C12H18N2/c1-4-8-14(3)9-11-6-5-7-12(13)10(11)2/h4-7H,1,8-9,13H2,2-3H3. The van der Waals surface area contributed by atoms with Crippen molar-refractivity contribution in [2.75, 3.05) is 19.3 Å². The molecule has 0 saturated heterocycles. The molecule has 1 aromatic rings. The van der Waals surface area contributed by atoms with E-state index in [0.717, 1.165) is 18.8 Å². The van der Waals surface area contributed by atoms with Gasteiger partial charge in [0.15, 0.2) is 0 Å². The first-order chi connectivity index (χ1) is 6.65. The first kappa shape index (κ1) is 10.8. The van der Waals surface area contributed by atoms with Crippen molar-refractivity contribution < 1.29 is 0 Å². The third-order valence-electron chi connectivity index (χ3n) is 2.37. The molecule has 0 atom stereocenters. The number of hydrogen-bond donors (Lipinski definition) is 1. The molecular formula is C12H18N2. The van der Waals surface area contributed by atoms with E-state index in [-0.39, 0.29) is 0 Å². The fourth-order valence-electron chi connectivity index (χ4n) is 1.45. The fourth-order valence-corrected chi connectivity index (χ4v) is 1.45. The first-order valence-corrected chi connectivity index (χ1v) is 4.78. The van der Waals surface area contributed by atoms with Gasteiger partial charge in [0, 0.05) is 18.8 Å². The second kappa shape index (κ2) is 4.82. The lowest BCUT2D eigenvalue weighted by atomic mass is 10.1. The molecule has 2 N–H and O–H groups in total. The Balaban J connectivity index is 2.76. The van der Waals surface area contributed by atoms with E-state index in [2.05, 4.69) is 31.5 Å². The highest BCUT2D eigenvalue weighted by Gasteiger charge is 2.03. The summed E-state index contributed by atoms with van der Waals surface area (Å²) in [6.07, 6.45) is 1.90. The van der Waals surface area contributed by atoms with Crippen LogP contribution in [0.2, 0.25) is 0 Å². The number of nitrogens with zero attached hydrogens (tertiary/aromatic N) is 1. The summed E-state index contributed by atoms with van der Waals surface area (Å²) in [6.45, 7) is 7.59. The van der Waals surface area contributed by atoms with Gasteiger partial charge in [0.1, 0.15) is 0 Å². The van der Waals surface area contributed by atoms with Crippen molar-refractivity contribution in [3.05, 3.63) is 42.0 Å². The summed E-state index contributed by atoms with van der Waals surface area (Å²) in [5.74, 6) is 0. The number of benzene rings is 1. The van der Waals surface area contributed by atoms with Crippen molar-refractivity contribution in [1.29, 1.82) is 0 Å². The van der Waals surface area contributed by atoms with Gasteiger partial charge in [0.2, 0.25) is 0 Å². The Kier molecular flexibility index (Phi) is 3.72. The number of anilines is 1. The molecular weight excluding hydrogens is 172 g/mol. The highest BCUT2D eigenvalue weighted by atomic mass is 15.1. The number of hydrogen-bond acceptors (Lipinski definition) is 2. The number of nitrogens with two attached hydrogens (primary N) is 1. The average molecular weight is 190 g/mol. The molecule has 2 heteroatoms. The van der Waals surface area contributed by atoms with Gasteiger partial charge in [0.05, 0.1) is 0 Å². The topological polar surface area (TPSA) is 29.3 Å². The zero-order valence-electron chi connectivity index (χ0n) is 8.96. The number of likely N-dealkylation sites (N-methyl/N-ethyl adjacent to an activating group) is 1. The Bertz CT molecular complexity index is 318. The lowest BCUT2D eigenvalue weighted by molar-refractivity contribution is 0.363. The van der Waals surface area contributed by atoms with Crippen LogP contribution in [0.4, 0.5) is 5.69 Å². The highest BCUT2D eigenvalue weighted by Crippen LogP contribution is 2.16. The zero-order valence-corrected chi connectivity index (χ0v) is 8.96. The predicted octanol–water partition coefficient (Wildman–Crippen LogP) is 2.20. The van der Waals surface area contributed by atoms with Gasteiger partial charge in [0.25, 0.3) is 0 Å². The maximum atomic E-state index is 5.83. The van der Waals surface area contributed by atoms with Gasteiger partial charge < -0.3 is 5.73 Å². The minimum Gasteiger partial charge on any atom is -0.399 e. The Labute approximate surface area is 86.0 Å². The Morgan fingerprint density at radius 2 is 2.21 bits per heavy atom. The lowest BCUT2D eigenvalue weighted by Gasteiger charge is -2.16. The van der Waals surface area contributed by atoms with Gasteiger partial charge in [-0.15, -0.1) is 6.58 Å². The second-order valence-corrected chi connectivity index (χ2v) is 3.62. The first-order valence-electron chi connectivity index (χ1n) is 4.78. The number of rotatable bonds is 4. The van der Waals surface area contributed by atoms with Crippen LogP contribution in [0.5, 0.6) is 0 Å². The SMILES string of the molecule is C=CCN(C)Cc1cccc(N)c1C. The van der Waals surface area contributed by atoms with E-state index >= 15 is 0 Å². The maximum absolute atomic E-state index is 5.83. The van der Waals surface area contributed by atoms with Crippen molar-refractivity contribution >= 4 is 5.69 Å². The van der Waals surface area contributed by atoms with Crippen molar-refractivity contribution in [2.45, 2.75) is 13.5 Å². The van der Waals surface area contributed by atoms with Crippen LogP contribution < -0.4 is 5.73 Å². The molecule has 0 saturated carbocycles. The molecule has 0 amide bonds. The third-order valence-corrected chi connectivity index (χ3v) is 2.37. The summed E-state index contributed by atoms with van der Waals surface area (Å²) < 4.78 is 0. The van der Waals surface area contributed by atoms with Crippen LogP contribution in [-0.4, -0.2) is 18.5 Å². The number of nitrogen functional groups attached to an aromatic ring is 1. The molecule has 76 valence electrons. The van der Waals surface area contributed by atoms with Crippen molar-refractivity contribution in [1.82, 2.24) is 4.90 Å². The van der Waals surface area contributed by atoms with Gasteiger partial charge in [-0.2, -0.15) is 0 Å². The Morgan fingerprint density at radius 1 is 1.50 bits per heavy atom. The molecule has 14 heavy (non-hydrogen) atoms. The molecule has 0 aliphatic heterocycles. The second-order valence-electron chi connectivity index (χ2n) is 3.62. The Hall–Kier alpha value is -1.28. The fraction of sp³-hybridized carbons (Fsp3) is 0.333. The smallest absolute Gasteiger partial charge is 0.0346 e. The van der Waals surface area contributed by atoms with Gasteiger partial charge in [-0.1, -0.05) is 18.2 Å². The highest BCUT2D eigenvalue weighted by molar-refractivity contribution is 5.49. The van der Waals surface area contributed by atoms with E-state index in [9.17, 15) is 0 Å².